The number of unbranched alkanes of at least 4 members (excludes halogenated alkanes) is 10. The van der Waals surface area contributed by atoms with Gasteiger partial charge < -0.3 is 20.8 Å². The van der Waals surface area contributed by atoms with Crippen LogP contribution in [-0.2, 0) is 19.2 Å². The predicted octanol–water partition coefficient (Wildman–Crippen LogP) is 6.53. The number of hydrogen-bond donors (Lipinski definition) is 4. The minimum Gasteiger partial charge on any atom is -0.394 e. The van der Waals surface area contributed by atoms with E-state index in [9.17, 15) is 29.4 Å². The number of aliphatic hydroxyl groups is 2. The lowest BCUT2D eigenvalue weighted by Crippen LogP contribution is -2.38. The zero-order valence-corrected chi connectivity index (χ0v) is 28.3. The van der Waals surface area contributed by atoms with Crippen LogP contribution in [-0.4, -0.2) is 72.0 Å². The molecule has 0 spiro atoms. The number of hydrogen-bond acceptors (Lipinski definition) is 8. The van der Waals surface area contributed by atoms with Gasteiger partial charge in [0.15, 0.2) is 0 Å². The lowest BCUT2D eigenvalue weighted by molar-refractivity contribution is -0.125. The lowest BCUT2D eigenvalue weighted by atomic mass is 10.0. The topological polar surface area (TPSA) is 230 Å². The molecule has 0 aromatic carbocycles. The molecule has 14 nitrogen and oxygen atoms in total. The van der Waals surface area contributed by atoms with Crippen LogP contribution in [0.25, 0.3) is 20.9 Å². The summed E-state index contributed by atoms with van der Waals surface area (Å²) in [6.07, 6.45) is 15.1. The molecule has 0 heterocycles. The second kappa shape index (κ2) is 34.7. The van der Waals surface area contributed by atoms with Crippen molar-refractivity contribution in [3.05, 3.63) is 20.9 Å². The number of nitrogens with one attached hydrogen (secondary N) is 2. The van der Waals surface area contributed by atoms with Crippen LogP contribution in [0, 0.1) is 0 Å². The molecule has 0 radical (unpaired) electrons. The number of amides is 2. The summed E-state index contributed by atoms with van der Waals surface area (Å²) in [5.74, 6) is -0.108. The number of aliphatic hydroxyl groups excluding tert-OH is 2. The van der Waals surface area contributed by atoms with Gasteiger partial charge in [0.05, 0.1) is 25.3 Å². The first-order chi connectivity index (χ1) is 22.3. The van der Waals surface area contributed by atoms with Gasteiger partial charge in [-0.1, -0.05) is 75.4 Å². The van der Waals surface area contributed by atoms with Crippen molar-refractivity contribution in [2.45, 2.75) is 154 Å². The van der Waals surface area contributed by atoms with E-state index in [0.717, 1.165) is 77.0 Å². The fourth-order valence-corrected chi connectivity index (χ4v) is 4.55. The smallest absolute Gasteiger partial charge is 0.220 e. The number of Topliss-reactive ketones (excluding diaryl/α,β-unsaturated/α-hetero) is 2. The van der Waals surface area contributed by atoms with E-state index in [1.807, 2.05) is 0 Å². The Morgan fingerprint density at radius 2 is 0.913 bits per heavy atom. The van der Waals surface area contributed by atoms with Crippen molar-refractivity contribution in [2.24, 2.45) is 10.2 Å². The number of ketones is 2. The second-order valence-electron chi connectivity index (χ2n) is 11.5. The van der Waals surface area contributed by atoms with Gasteiger partial charge in [-0.2, -0.15) is 0 Å². The van der Waals surface area contributed by atoms with Gasteiger partial charge in [0.1, 0.15) is 11.6 Å². The molecular weight excluding hydrogens is 592 g/mol. The van der Waals surface area contributed by atoms with E-state index >= 15 is 0 Å². The minimum atomic E-state index is -0.482. The van der Waals surface area contributed by atoms with Gasteiger partial charge in [-0.25, -0.2) is 0 Å². The third-order valence-electron chi connectivity index (χ3n) is 7.19. The fraction of sp³-hybridized carbons (Fsp3) is 0.875. The number of carbonyl (C=O) groups is 4. The zero-order valence-electron chi connectivity index (χ0n) is 28.3. The van der Waals surface area contributed by atoms with Crippen LogP contribution in [0.5, 0.6) is 0 Å². The SMILES string of the molecule is CCCCCCC(=O)C[C@@H](CO)NC(=O)CCCCCN=[N+]=[N-].CCCCCCC(=O)C[C@@H](CO)NC(=O)CCCCCN=[N+]=[N-]. The van der Waals surface area contributed by atoms with E-state index in [0.29, 0.717) is 51.6 Å². The Hall–Kier alpha value is -3.18. The van der Waals surface area contributed by atoms with Crippen LogP contribution in [0.15, 0.2) is 10.2 Å². The molecule has 4 N–H and O–H groups in total. The van der Waals surface area contributed by atoms with E-state index < -0.39 is 12.1 Å². The van der Waals surface area contributed by atoms with Crippen molar-refractivity contribution in [1.82, 2.24) is 10.6 Å². The minimum absolute atomic E-state index is 0.0924. The fourth-order valence-electron chi connectivity index (χ4n) is 4.55. The van der Waals surface area contributed by atoms with E-state index in [2.05, 4.69) is 44.5 Å². The molecule has 264 valence electrons. The van der Waals surface area contributed by atoms with E-state index in [1.54, 1.807) is 0 Å². The van der Waals surface area contributed by atoms with E-state index in [4.69, 9.17) is 11.1 Å². The molecule has 0 fully saturated rings. The Bertz CT molecular complexity index is 835. The molecule has 14 heteroatoms. The standard InChI is InChI=1S/2C16H30N4O3/c2*1-2-3-4-6-9-15(22)12-14(13-21)19-16(23)10-7-5-8-11-18-20-17/h2*14,21H,2-13H2,1H3,(H,19,23)/t2*14-/m00/s1. The van der Waals surface area contributed by atoms with Crippen molar-refractivity contribution in [1.29, 1.82) is 0 Å². The number of azide groups is 2. The van der Waals surface area contributed by atoms with E-state index in [-0.39, 0.29) is 49.4 Å². The van der Waals surface area contributed by atoms with Crippen LogP contribution >= 0.6 is 0 Å². The van der Waals surface area contributed by atoms with Crippen molar-refractivity contribution in [3.63, 3.8) is 0 Å². The predicted molar refractivity (Wildman–Crippen MR) is 180 cm³/mol. The summed E-state index contributed by atoms with van der Waals surface area (Å²) >= 11 is 0. The normalized spacial score (nSPS) is 11.6. The quantitative estimate of drug-likeness (QED) is 0.0291. The summed E-state index contributed by atoms with van der Waals surface area (Å²) in [7, 11) is 0. The molecule has 2 amide bonds. The summed E-state index contributed by atoms with van der Waals surface area (Å²) in [6.45, 7) is 4.70. The van der Waals surface area contributed by atoms with Crippen LogP contribution < -0.4 is 10.6 Å². The molecule has 0 aromatic heterocycles. The van der Waals surface area contributed by atoms with Crippen molar-refractivity contribution >= 4 is 23.4 Å². The number of rotatable bonds is 30. The van der Waals surface area contributed by atoms with Crippen molar-refractivity contribution in [3.8, 4) is 0 Å². The lowest BCUT2D eigenvalue weighted by Gasteiger charge is -2.15. The molecule has 0 aromatic rings. The molecule has 0 unspecified atom stereocenters. The third kappa shape index (κ3) is 32.2. The van der Waals surface area contributed by atoms with Crippen molar-refractivity contribution < 1.29 is 29.4 Å². The van der Waals surface area contributed by atoms with Gasteiger partial charge in [0.25, 0.3) is 0 Å². The molecule has 0 bridgehead atoms. The average Bonchev–Trinajstić information content (AvgIpc) is 3.04. The molecule has 0 rings (SSSR count). The van der Waals surface area contributed by atoms with Crippen LogP contribution in [0.3, 0.4) is 0 Å². The number of nitrogens with zero attached hydrogens (tertiary/aromatic N) is 6. The molecule has 0 saturated carbocycles. The first kappa shape index (κ1) is 44.9. The highest BCUT2D eigenvalue weighted by atomic mass is 16.3. The molecule has 0 saturated heterocycles. The largest absolute Gasteiger partial charge is 0.394 e. The highest BCUT2D eigenvalue weighted by Gasteiger charge is 2.16. The third-order valence-corrected chi connectivity index (χ3v) is 7.19. The summed E-state index contributed by atoms with van der Waals surface area (Å²) in [5.41, 5.74) is 16.3. The molecule has 0 aliphatic carbocycles. The van der Waals surface area contributed by atoms with E-state index in [1.165, 1.54) is 0 Å². The van der Waals surface area contributed by atoms with Gasteiger partial charge >= 0.3 is 0 Å². The average molecular weight is 653 g/mol. The summed E-state index contributed by atoms with van der Waals surface area (Å²) in [6, 6.07) is -0.964. The van der Waals surface area contributed by atoms with Gasteiger partial charge in [0, 0.05) is 61.4 Å². The molecule has 2 atom stereocenters. The van der Waals surface area contributed by atoms with Gasteiger partial charge in [-0.3, -0.25) is 19.2 Å². The Balaban J connectivity index is 0. The Morgan fingerprint density at radius 1 is 0.565 bits per heavy atom. The van der Waals surface area contributed by atoms with Crippen LogP contribution in [0.4, 0.5) is 0 Å². The highest BCUT2D eigenvalue weighted by molar-refractivity contribution is 5.81. The highest BCUT2D eigenvalue weighted by Crippen LogP contribution is 2.08. The van der Waals surface area contributed by atoms with Gasteiger partial charge in [-0.05, 0) is 49.6 Å². The monoisotopic (exact) mass is 652 g/mol. The van der Waals surface area contributed by atoms with Gasteiger partial charge in [0.2, 0.25) is 11.8 Å². The van der Waals surface area contributed by atoms with Crippen molar-refractivity contribution in [2.75, 3.05) is 26.3 Å². The number of carbonyl (C=O) groups excluding carboxylic acids is 4. The molecular formula is C32H60N8O6. The summed E-state index contributed by atoms with van der Waals surface area (Å²) < 4.78 is 0. The van der Waals surface area contributed by atoms with Crippen LogP contribution in [0.2, 0.25) is 0 Å². The maximum atomic E-state index is 11.8. The Kier molecular flexibility index (Phi) is 33.9. The summed E-state index contributed by atoms with van der Waals surface area (Å²) in [4.78, 5) is 52.5. The molecule has 0 aliphatic rings. The van der Waals surface area contributed by atoms with Gasteiger partial charge in [-0.15, -0.1) is 0 Å². The molecule has 0 aliphatic heterocycles. The molecule has 46 heavy (non-hydrogen) atoms. The maximum absolute atomic E-state index is 11.8. The first-order valence-corrected chi connectivity index (χ1v) is 17.1. The maximum Gasteiger partial charge on any atom is 0.220 e. The van der Waals surface area contributed by atoms with Crippen LogP contribution in [0.1, 0.15) is 142 Å². The Labute approximate surface area is 275 Å². The second-order valence-corrected chi connectivity index (χ2v) is 11.5. The summed E-state index contributed by atoms with van der Waals surface area (Å²) in [5, 5.41) is 30.9. The Morgan fingerprint density at radius 3 is 1.24 bits per heavy atom. The first-order valence-electron chi connectivity index (χ1n) is 17.1. The zero-order chi connectivity index (χ0) is 34.7.